The highest BCUT2D eigenvalue weighted by atomic mass is 16.7. The Hall–Kier alpha value is -1.26. The van der Waals surface area contributed by atoms with Gasteiger partial charge in [0, 0.05) is 18.0 Å². The largest absolute Gasteiger partial charge is 0.454 e. The predicted molar refractivity (Wildman–Crippen MR) is 72.9 cm³/mol. The minimum Gasteiger partial charge on any atom is -0.454 e. The molecule has 4 atom stereocenters. The minimum atomic E-state index is -0.121. The van der Waals surface area contributed by atoms with Crippen LogP contribution in [0.4, 0.5) is 0 Å². The van der Waals surface area contributed by atoms with Gasteiger partial charge >= 0.3 is 0 Å². The SMILES string of the molecule is OC1CCC23CCN(Cc4cc5c(cc42)OCO5)C3C1. The highest BCUT2D eigenvalue weighted by Gasteiger charge is 2.54. The van der Waals surface area contributed by atoms with Crippen LogP contribution in [0.2, 0.25) is 0 Å². The van der Waals surface area contributed by atoms with Crippen LogP contribution >= 0.6 is 0 Å². The molecule has 4 nitrogen and oxygen atoms in total. The number of aliphatic hydroxyl groups excluding tert-OH is 1. The third-order valence-corrected chi connectivity index (χ3v) is 5.85. The summed E-state index contributed by atoms with van der Waals surface area (Å²) in [7, 11) is 0. The third kappa shape index (κ3) is 1.29. The topological polar surface area (TPSA) is 41.9 Å². The van der Waals surface area contributed by atoms with E-state index in [9.17, 15) is 5.11 Å². The van der Waals surface area contributed by atoms with E-state index in [2.05, 4.69) is 17.0 Å². The number of aliphatic hydroxyl groups is 1. The van der Waals surface area contributed by atoms with Crippen molar-refractivity contribution in [2.45, 2.75) is 49.8 Å². The Morgan fingerprint density at radius 1 is 1.20 bits per heavy atom. The van der Waals surface area contributed by atoms with Gasteiger partial charge < -0.3 is 14.6 Å². The van der Waals surface area contributed by atoms with Gasteiger partial charge in [0.2, 0.25) is 6.79 Å². The van der Waals surface area contributed by atoms with Gasteiger partial charge in [-0.15, -0.1) is 0 Å². The van der Waals surface area contributed by atoms with Gasteiger partial charge in [-0.05, 0) is 55.5 Å². The first-order valence-electron chi connectivity index (χ1n) is 7.61. The minimum absolute atomic E-state index is 0.121. The molecule has 2 fully saturated rings. The number of ether oxygens (including phenoxy) is 2. The Balaban J connectivity index is 1.68. The van der Waals surface area contributed by atoms with Gasteiger partial charge in [-0.25, -0.2) is 0 Å². The molecule has 0 amide bonds. The first kappa shape index (κ1) is 11.4. The molecule has 1 aliphatic carbocycles. The van der Waals surface area contributed by atoms with Crippen molar-refractivity contribution < 1.29 is 14.6 Å². The summed E-state index contributed by atoms with van der Waals surface area (Å²) in [6, 6.07) is 4.92. The summed E-state index contributed by atoms with van der Waals surface area (Å²) in [5, 5.41) is 10.0. The summed E-state index contributed by atoms with van der Waals surface area (Å²) in [4.78, 5) is 2.56. The molecule has 3 aliphatic heterocycles. The summed E-state index contributed by atoms with van der Waals surface area (Å²) in [5.41, 5.74) is 3.11. The summed E-state index contributed by atoms with van der Waals surface area (Å²) in [5.74, 6) is 1.80. The molecule has 1 N–H and O–H groups in total. The van der Waals surface area contributed by atoms with Crippen molar-refractivity contribution in [3.63, 3.8) is 0 Å². The second-order valence-corrected chi connectivity index (χ2v) is 6.68. The number of rotatable bonds is 0. The fourth-order valence-corrected chi connectivity index (χ4v) is 4.92. The Bertz CT molecular complexity index is 587. The van der Waals surface area contributed by atoms with Crippen LogP contribution in [0, 0.1) is 0 Å². The molecule has 1 aromatic carbocycles. The van der Waals surface area contributed by atoms with Gasteiger partial charge in [-0.2, -0.15) is 0 Å². The molecular weight excluding hydrogens is 254 g/mol. The number of fused-ring (bicyclic) bond motifs is 2. The van der Waals surface area contributed by atoms with Gasteiger partial charge in [-0.3, -0.25) is 4.90 Å². The van der Waals surface area contributed by atoms with E-state index in [-0.39, 0.29) is 11.5 Å². The maximum atomic E-state index is 10.0. The molecule has 1 saturated heterocycles. The highest BCUT2D eigenvalue weighted by Crippen LogP contribution is 2.55. The Morgan fingerprint density at radius 2 is 2.05 bits per heavy atom. The molecule has 106 valence electrons. The average Bonchev–Trinajstić information content (AvgIpc) is 3.00. The van der Waals surface area contributed by atoms with Crippen molar-refractivity contribution in [1.82, 2.24) is 4.90 Å². The Labute approximate surface area is 118 Å². The van der Waals surface area contributed by atoms with E-state index in [0.717, 1.165) is 43.9 Å². The van der Waals surface area contributed by atoms with Crippen LogP contribution < -0.4 is 9.47 Å². The maximum absolute atomic E-state index is 10.0. The van der Waals surface area contributed by atoms with E-state index in [1.165, 1.54) is 17.5 Å². The summed E-state index contributed by atoms with van der Waals surface area (Å²) < 4.78 is 11.1. The molecule has 0 aromatic heterocycles. The van der Waals surface area contributed by atoms with Gasteiger partial charge in [0.25, 0.3) is 0 Å². The molecule has 1 aromatic rings. The lowest BCUT2D eigenvalue weighted by molar-refractivity contribution is 0.0384. The zero-order valence-corrected chi connectivity index (χ0v) is 11.5. The van der Waals surface area contributed by atoms with Crippen LogP contribution in [-0.4, -0.2) is 35.5 Å². The van der Waals surface area contributed by atoms with Crippen LogP contribution in [0.25, 0.3) is 0 Å². The van der Waals surface area contributed by atoms with Crippen molar-refractivity contribution in [2.24, 2.45) is 0 Å². The van der Waals surface area contributed by atoms with E-state index in [0.29, 0.717) is 12.8 Å². The average molecular weight is 273 g/mol. The maximum Gasteiger partial charge on any atom is 0.231 e. The van der Waals surface area contributed by atoms with Gasteiger partial charge in [0.1, 0.15) is 0 Å². The molecule has 20 heavy (non-hydrogen) atoms. The lowest BCUT2D eigenvalue weighted by Gasteiger charge is -2.48. The van der Waals surface area contributed by atoms with Gasteiger partial charge in [-0.1, -0.05) is 0 Å². The fraction of sp³-hybridized carbons (Fsp3) is 0.625. The van der Waals surface area contributed by atoms with Crippen LogP contribution in [0.3, 0.4) is 0 Å². The monoisotopic (exact) mass is 273 g/mol. The van der Waals surface area contributed by atoms with Crippen molar-refractivity contribution in [3.05, 3.63) is 23.3 Å². The molecule has 4 heteroatoms. The molecule has 4 unspecified atom stereocenters. The first-order chi connectivity index (χ1) is 9.76. The number of nitrogens with zero attached hydrogens (tertiary/aromatic N) is 1. The zero-order valence-electron chi connectivity index (χ0n) is 11.5. The lowest BCUT2D eigenvalue weighted by atomic mass is 9.63. The quantitative estimate of drug-likeness (QED) is 0.782. The summed E-state index contributed by atoms with van der Waals surface area (Å²) in [6.45, 7) is 2.49. The molecular formula is C16H19NO3. The first-order valence-corrected chi connectivity index (χ1v) is 7.61. The second kappa shape index (κ2) is 3.68. The molecule has 5 rings (SSSR count). The van der Waals surface area contributed by atoms with Crippen LogP contribution in [0.5, 0.6) is 11.5 Å². The molecule has 1 saturated carbocycles. The highest BCUT2D eigenvalue weighted by molar-refractivity contribution is 5.53. The molecule has 0 spiro atoms. The summed E-state index contributed by atoms with van der Waals surface area (Å²) in [6.07, 6.45) is 4.05. The Morgan fingerprint density at radius 3 is 2.95 bits per heavy atom. The van der Waals surface area contributed by atoms with E-state index < -0.39 is 0 Å². The Kier molecular flexibility index (Phi) is 2.10. The van der Waals surface area contributed by atoms with Crippen molar-refractivity contribution in [1.29, 1.82) is 0 Å². The standard InChI is InChI=1S/C16H19NO3/c18-11-1-2-16-3-4-17(15(16)6-11)8-10-5-13-14(7-12(10)16)20-9-19-13/h5,7,11,15,18H,1-4,6,8-9H2. The van der Waals surface area contributed by atoms with E-state index in [1.807, 2.05) is 0 Å². The molecule has 2 bridgehead atoms. The van der Waals surface area contributed by atoms with Crippen molar-refractivity contribution in [2.75, 3.05) is 13.3 Å². The number of hydrogen-bond acceptors (Lipinski definition) is 4. The predicted octanol–water partition coefficient (Wildman–Crippen LogP) is 1.79. The molecule has 0 radical (unpaired) electrons. The molecule has 4 aliphatic rings. The lowest BCUT2D eigenvalue weighted by Crippen LogP contribution is -2.51. The van der Waals surface area contributed by atoms with Gasteiger partial charge in [0.15, 0.2) is 11.5 Å². The molecule has 3 heterocycles. The van der Waals surface area contributed by atoms with E-state index in [1.54, 1.807) is 0 Å². The number of benzene rings is 1. The third-order valence-electron chi connectivity index (χ3n) is 5.85. The van der Waals surface area contributed by atoms with Gasteiger partial charge in [0.05, 0.1) is 6.10 Å². The zero-order chi connectivity index (χ0) is 13.3. The van der Waals surface area contributed by atoms with Crippen molar-refractivity contribution in [3.8, 4) is 11.5 Å². The second-order valence-electron chi connectivity index (χ2n) is 6.68. The smallest absolute Gasteiger partial charge is 0.231 e. The normalized spacial score (nSPS) is 40.4. The summed E-state index contributed by atoms with van der Waals surface area (Å²) >= 11 is 0. The van der Waals surface area contributed by atoms with Crippen molar-refractivity contribution >= 4 is 0 Å². The van der Waals surface area contributed by atoms with Crippen LogP contribution in [-0.2, 0) is 12.0 Å². The fourth-order valence-electron chi connectivity index (χ4n) is 4.92. The van der Waals surface area contributed by atoms with Crippen LogP contribution in [0.15, 0.2) is 12.1 Å². The van der Waals surface area contributed by atoms with E-state index >= 15 is 0 Å². The van der Waals surface area contributed by atoms with E-state index in [4.69, 9.17) is 9.47 Å². The number of hydrogen-bond donors (Lipinski definition) is 1. The van der Waals surface area contributed by atoms with Crippen LogP contribution in [0.1, 0.15) is 36.8 Å².